The van der Waals surface area contributed by atoms with Crippen molar-refractivity contribution in [3.8, 4) is 0 Å². The highest BCUT2D eigenvalue weighted by Crippen LogP contribution is 2.07. The zero-order chi connectivity index (χ0) is 12.4. The molecule has 0 aromatic rings. The van der Waals surface area contributed by atoms with E-state index in [4.69, 9.17) is 6.58 Å². The summed E-state index contributed by atoms with van der Waals surface area (Å²) in [6.07, 6.45) is 14.3. The van der Waals surface area contributed by atoms with Gasteiger partial charge in [0, 0.05) is 0 Å². The van der Waals surface area contributed by atoms with Gasteiger partial charge < -0.3 is 0 Å². The average molecular weight is 215 g/mol. The lowest BCUT2D eigenvalue weighted by molar-refractivity contribution is 0.967. The van der Waals surface area contributed by atoms with Gasteiger partial charge in [-0.05, 0) is 40.5 Å². The first-order valence-electron chi connectivity index (χ1n) is 5.75. The predicted octanol–water partition coefficient (Wildman–Crippen LogP) is 5.17. The second kappa shape index (κ2) is 8.96. The predicted molar refractivity (Wildman–Crippen MR) is 74.2 cm³/mol. The molecule has 0 saturated heterocycles. The Bertz CT molecular complexity index is 318. The average Bonchev–Trinajstić information content (AvgIpc) is 2.17. The van der Waals surface area contributed by atoms with Crippen LogP contribution >= 0.6 is 0 Å². The number of hydrogen-bond donors (Lipinski definition) is 0. The molecule has 16 heavy (non-hydrogen) atoms. The molecule has 0 aromatic heterocycles. The Labute approximate surface area is 101 Å². The van der Waals surface area contributed by atoms with Crippen molar-refractivity contribution in [1.82, 2.24) is 0 Å². The molecular weight excluding hydrogens is 192 g/mol. The Morgan fingerprint density at radius 3 is 2.31 bits per heavy atom. The third kappa shape index (κ3) is 9.26. The number of allylic oxidation sites excluding steroid dienone is 9. The van der Waals surface area contributed by atoms with Crippen LogP contribution < -0.4 is 0 Å². The molecule has 0 nitrogen and oxygen atoms in total. The van der Waals surface area contributed by atoms with Crippen molar-refractivity contribution in [1.29, 1.82) is 0 Å². The second-order valence-corrected chi connectivity index (χ2v) is 4.30. The highest BCUT2D eigenvalue weighted by atomic mass is 13.9. The van der Waals surface area contributed by atoms with Crippen LogP contribution in [0.5, 0.6) is 0 Å². The van der Waals surface area contributed by atoms with E-state index < -0.39 is 0 Å². The second-order valence-electron chi connectivity index (χ2n) is 4.30. The van der Waals surface area contributed by atoms with E-state index in [1.54, 1.807) is 6.08 Å². The molecule has 0 spiro atoms. The van der Waals surface area contributed by atoms with E-state index in [9.17, 15) is 0 Å². The van der Waals surface area contributed by atoms with E-state index in [2.05, 4.69) is 45.1 Å². The third-order valence-electron chi connectivity index (χ3n) is 2.19. The molecule has 0 heterocycles. The lowest BCUT2D eigenvalue weighted by Gasteiger charge is -1.96. The van der Waals surface area contributed by atoms with Crippen molar-refractivity contribution < 1.29 is 0 Å². The van der Waals surface area contributed by atoms with E-state index in [1.165, 1.54) is 11.1 Å². The van der Waals surface area contributed by atoms with Crippen molar-refractivity contribution in [2.45, 2.75) is 40.5 Å². The zero-order valence-corrected chi connectivity index (χ0v) is 11.0. The van der Waals surface area contributed by atoms with Crippen LogP contribution in [0.15, 0.2) is 53.2 Å². The molecular formula is C16H23. The molecule has 87 valence electrons. The molecule has 0 heteroatoms. The van der Waals surface area contributed by atoms with Gasteiger partial charge in [0.05, 0.1) is 0 Å². The van der Waals surface area contributed by atoms with Crippen LogP contribution in [0.1, 0.15) is 40.5 Å². The SMILES string of the molecule is [CH]=C/C=C(C)/C=C/C=C(\C)CCC=C(C)C. The summed E-state index contributed by atoms with van der Waals surface area (Å²) in [6.45, 7) is 13.8. The Balaban J connectivity index is 4.09. The van der Waals surface area contributed by atoms with Crippen LogP contribution in [0.4, 0.5) is 0 Å². The van der Waals surface area contributed by atoms with Crippen LogP contribution in [-0.2, 0) is 0 Å². The first-order valence-corrected chi connectivity index (χ1v) is 5.75. The van der Waals surface area contributed by atoms with Crippen molar-refractivity contribution in [3.05, 3.63) is 59.8 Å². The van der Waals surface area contributed by atoms with Gasteiger partial charge in [0.15, 0.2) is 0 Å². The van der Waals surface area contributed by atoms with E-state index >= 15 is 0 Å². The van der Waals surface area contributed by atoms with E-state index in [-0.39, 0.29) is 0 Å². The van der Waals surface area contributed by atoms with Gasteiger partial charge in [0.25, 0.3) is 0 Å². The third-order valence-corrected chi connectivity index (χ3v) is 2.19. The molecule has 0 aromatic carbocycles. The van der Waals surface area contributed by atoms with Gasteiger partial charge in [-0.25, -0.2) is 0 Å². The fourth-order valence-corrected chi connectivity index (χ4v) is 1.24. The van der Waals surface area contributed by atoms with Gasteiger partial charge in [-0.15, -0.1) is 0 Å². The largest absolute Gasteiger partial charge is 0.0856 e. The molecule has 0 atom stereocenters. The molecule has 0 amide bonds. The summed E-state index contributed by atoms with van der Waals surface area (Å²) < 4.78 is 0. The van der Waals surface area contributed by atoms with Crippen molar-refractivity contribution >= 4 is 0 Å². The summed E-state index contributed by atoms with van der Waals surface area (Å²) in [5, 5.41) is 0. The fraction of sp³-hybridized carbons (Fsp3) is 0.375. The molecule has 0 unspecified atom stereocenters. The first kappa shape index (κ1) is 14.7. The molecule has 0 aliphatic heterocycles. The van der Waals surface area contributed by atoms with Gasteiger partial charge in [-0.3, -0.25) is 0 Å². The van der Waals surface area contributed by atoms with Gasteiger partial charge >= 0.3 is 0 Å². The Hall–Kier alpha value is -1.30. The summed E-state index contributed by atoms with van der Waals surface area (Å²) in [7, 11) is 0. The van der Waals surface area contributed by atoms with E-state index in [0.717, 1.165) is 18.4 Å². The Morgan fingerprint density at radius 2 is 1.75 bits per heavy atom. The smallest absolute Gasteiger partial charge is 0.0285 e. The Morgan fingerprint density at radius 1 is 1.06 bits per heavy atom. The molecule has 0 saturated carbocycles. The molecule has 0 aliphatic carbocycles. The van der Waals surface area contributed by atoms with Gasteiger partial charge in [0.2, 0.25) is 0 Å². The van der Waals surface area contributed by atoms with Crippen LogP contribution in [0.25, 0.3) is 0 Å². The molecule has 0 aliphatic rings. The summed E-state index contributed by atoms with van der Waals surface area (Å²) >= 11 is 0. The lowest BCUT2D eigenvalue weighted by Crippen LogP contribution is -1.76. The lowest BCUT2D eigenvalue weighted by atomic mass is 10.1. The molecule has 1 radical (unpaired) electrons. The Kier molecular flexibility index (Phi) is 8.24. The maximum absolute atomic E-state index is 5.30. The summed E-state index contributed by atoms with van der Waals surface area (Å²) in [4.78, 5) is 0. The summed E-state index contributed by atoms with van der Waals surface area (Å²) in [5.41, 5.74) is 3.95. The van der Waals surface area contributed by atoms with E-state index in [1.807, 2.05) is 13.0 Å². The first-order chi connectivity index (χ1) is 7.56. The van der Waals surface area contributed by atoms with Crippen LogP contribution in [0, 0.1) is 6.58 Å². The summed E-state index contributed by atoms with van der Waals surface area (Å²) in [5.74, 6) is 0. The summed E-state index contributed by atoms with van der Waals surface area (Å²) in [6, 6.07) is 0. The van der Waals surface area contributed by atoms with Crippen LogP contribution in [-0.4, -0.2) is 0 Å². The zero-order valence-electron chi connectivity index (χ0n) is 11.0. The molecule has 0 fully saturated rings. The minimum absolute atomic E-state index is 1.13. The van der Waals surface area contributed by atoms with Crippen molar-refractivity contribution in [3.63, 3.8) is 0 Å². The van der Waals surface area contributed by atoms with Crippen molar-refractivity contribution in [2.24, 2.45) is 0 Å². The van der Waals surface area contributed by atoms with Crippen LogP contribution in [0.3, 0.4) is 0 Å². The maximum atomic E-state index is 5.30. The maximum Gasteiger partial charge on any atom is -0.0285 e. The standard InChI is InChI=1S/C16H23/c1-6-9-15(4)12-8-13-16(5)11-7-10-14(2)3/h1,6,8-10,12-13H,7,11H2,2-5H3/b6-1?,12-8+,15-9+,16-13+. The molecule has 0 rings (SSSR count). The van der Waals surface area contributed by atoms with Gasteiger partial charge in [-0.1, -0.05) is 59.8 Å². The van der Waals surface area contributed by atoms with Crippen molar-refractivity contribution in [2.75, 3.05) is 0 Å². The van der Waals surface area contributed by atoms with Gasteiger partial charge in [-0.2, -0.15) is 0 Å². The minimum Gasteiger partial charge on any atom is -0.0856 e. The quantitative estimate of drug-likeness (QED) is 0.423. The highest BCUT2D eigenvalue weighted by Gasteiger charge is 1.86. The minimum atomic E-state index is 1.13. The molecule has 0 N–H and O–H groups in total. The number of hydrogen-bond acceptors (Lipinski definition) is 0. The monoisotopic (exact) mass is 215 g/mol. The highest BCUT2D eigenvalue weighted by molar-refractivity contribution is 5.24. The number of rotatable bonds is 6. The topological polar surface area (TPSA) is 0 Å². The van der Waals surface area contributed by atoms with Crippen LogP contribution in [0.2, 0.25) is 0 Å². The molecule has 0 bridgehead atoms. The fourth-order valence-electron chi connectivity index (χ4n) is 1.24. The van der Waals surface area contributed by atoms with Gasteiger partial charge in [0.1, 0.15) is 0 Å². The van der Waals surface area contributed by atoms with E-state index in [0.29, 0.717) is 0 Å². The normalized spacial score (nSPS) is 13.0.